The fraction of sp³-hybridized carbons (Fsp3) is 0.231. The Morgan fingerprint density at radius 1 is 0.943 bits per heavy atom. The van der Waals surface area contributed by atoms with Crippen LogP contribution in [0.2, 0.25) is 0 Å². The molecule has 182 valence electrons. The number of rotatable bonds is 8. The Hall–Kier alpha value is -3.69. The summed E-state index contributed by atoms with van der Waals surface area (Å²) in [5.74, 6) is -0.987. The van der Waals surface area contributed by atoms with E-state index >= 15 is 0 Å². The first kappa shape index (κ1) is 24.4. The number of anilines is 1. The molecule has 35 heavy (non-hydrogen) atoms. The van der Waals surface area contributed by atoms with Gasteiger partial charge in [-0.15, -0.1) is 0 Å². The second-order valence-corrected chi connectivity index (χ2v) is 10.6. The Bertz CT molecular complexity index is 1340. The van der Waals surface area contributed by atoms with Crippen molar-refractivity contribution in [3.05, 3.63) is 94.5 Å². The van der Waals surface area contributed by atoms with E-state index in [-0.39, 0.29) is 23.1 Å². The van der Waals surface area contributed by atoms with Gasteiger partial charge in [-0.1, -0.05) is 42.5 Å². The highest BCUT2D eigenvalue weighted by atomic mass is 32.2. The predicted molar refractivity (Wildman–Crippen MR) is 133 cm³/mol. The molecule has 0 bridgehead atoms. The molecule has 4 N–H and O–H groups in total. The van der Waals surface area contributed by atoms with Crippen molar-refractivity contribution in [1.82, 2.24) is 10.6 Å². The molecular weight excluding hydrogens is 466 g/mol. The molecule has 0 aliphatic carbocycles. The van der Waals surface area contributed by atoms with Crippen molar-refractivity contribution in [3.63, 3.8) is 0 Å². The monoisotopic (exact) mass is 493 g/mol. The molecule has 1 heterocycles. The van der Waals surface area contributed by atoms with Crippen molar-refractivity contribution in [2.75, 3.05) is 5.32 Å². The van der Waals surface area contributed by atoms with E-state index in [0.29, 0.717) is 11.3 Å². The minimum atomic E-state index is -3.53. The maximum Gasteiger partial charge on any atom is 0.319 e. The summed E-state index contributed by atoms with van der Waals surface area (Å²) in [5.41, 5.74) is 5.06. The molecule has 1 atom stereocenters. The maximum atomic E-state index is 12.9. The summed E-state index contributed by atoms with van der Waals surface area (Å²) in [5, 5.41) is 17.6. The Morgan fingerprint density at radius 3 is 2.29 bits per heavy atom. The minimum Gasteiger partial charge on any atom is -0.481 e. The fourth-order valence-corrected chi connectivity index (χ4v) is 5.37. The van der Waals surface area contributed by atoms with Crippen LogP contribution in [0.1, 0.15) is 40.8 Å². The number of carbonyl (C=O) groups is 2. The van der Waals surface area contributed by atoms with Crippen LogP contribution in [0.3, 0.4) is 0 Å². The summed E-state index contributed by atoms with van der Waals surface area (Å²) in [6.07, 6.45) is -0.0565. The highest BCUT2D eigenvalue weighted by Gasteiger charge is 2.18. The summed E-state index contributed by atoms with van der Waals surface area (Å²) in [6.45, 7) is 3.37. The predicted octanol–water partition coefficient (Wildman–Crippen LogP) is 3.77. The van der Waals surface area contributed by atoms with E-state index in [4.69, 9.17) is 5.11 Å². The van der Waals surface area contributed by atoms with Gasteiger partial charge in [0.05, 0.1) is 23.1 Å². The standard InChI is InChI=1S/C26H27N3O5S/c1-17(20-5-2-18(3-6-20)13-25(30)31)28-26(32)29-23-8-10-24(11-9-23)35(33,34)16-19-4-7-21-14-27-15-22(21)12-19/h2-12,17,27H,13-16H2,1H3,(H,30,31)(H2,28,29,32). The van der Waals surface area contributed by atoms with Crippen LogP contribution in [0, 0.1) is 0 Å². The zero-order valence-corrected chi connectivity index (χ0v) is 20.1. The lowest BCUT2D eigenvalue weighted by atomic mass is 10.0. The number of urea groups is 1. The number of aliphatic carboxylic acids is 1. The minimum absolute atomic E-state index is 0.0565. The topological polar surface area (TPSA) is 125 Å². The summed E-state index contributed by atoms with van der Waals surface area (Å²) >= 11 is 0. The number of hydrogen-bond donors (Lipinski definition) is 4. The number of fused-ring (bicyclic) bond motifs is 1. The number of carboxylic acid groups (broad SMARTS) is 1. The van der Waals surface area contributed by atoms with Crippen LogP contribution in [0.5, 0.6) is 0 Å². The summed E-state index contributed by atoms with van der Waals surface area (Å²) in [7, 11) is -3.53. The van der Waals surface area contributed by atoms with Crippen LogP contribution in [-0.2, 0) is 39.9 Å². The molecule has 0 saturated heterocycles. The van der Waals surface area contributed by atoms with Gasteiger partial charge in [0.15, 0.2) is 9.84 Å². The van der Waals surface area contributed by atoms with Gasteiger partial charge < -0.3 is 21.1 Å². The molecule has 0 radical (unpaired) electrons. The Kier molecular flexibility index (Phi) is 7.18. The highest BCUT2D eigenvalue weighted by molar-refractivity contribution is 7.90. The molecule has 8 nitrogen and oxygen atoms in total. The average Bonchev–Trinajstić information content (AvgIpc) is 3.27. The number of amides is 2. The maximum absolute atomic E-state index is 12.9. The van der Waals surface area contributed by atoms with Crippen LogP contribution >= 0.6 is 0 Å². The van der Waals surface area contributed by atoms with Gasteiger partial charge in [0.25, 0.3) is 0 Å². The van der Waals surface area contributed by atoms with Crippen molar-refractivity contribution in [2.24, 2.45) is 0 Å². The van der Waals surface area contributed by atoms with Gasteiger partial charge in [-0.2, -0.15) is 0 Å². The first-order chi connectivity index (χ1) is 16.7. The number of carboxylic acids is 1. The molecule has 1 aliphatic heterocycles. The summed E-state index contributed by atoms with van der Waals surface area (Å²) in [4.78, 5) is 23.4. The van der Waals surface area contributed by atoms with Crippen LogP contribution in [-0.4, -0.2) is 25.5 Å². The van der Waals surface area contributed by atoms with Gasteiger partial charge in [-0.3, -0.25) is 4.79 Å². The van der Waals surface area contributed by atoms with E-state index in [2.05, 4.69) is 16.0 Å². The SMILES string of the molecule is CC(NC(=O)Nc1ccc(S(=O)(=O)Cc2ccc3c(c2)CNC3)cc1)c1ccc(CC(=O)O)cc1. The van der Waals surface area contributed by atoms with E-state index in [1.54, 1.807) is 36.4 Å². The lowest BCUT2D eigenvalue weighted by Crippen LogP contribution is -2.31. The van der Waals surface area contributed by atoms with E-state index in [1.807, 2.05) is 25.1 Å². The normalized spacial score (nSPS) is 13.6. The van der Waals surface area contributed by atoms with Crippen molar-refractivity contribution < 1.29 is 23.1 Å². The van der Waals surface area contributed by atoms with Crippen LogP contribution in [0.25, 0.3) is 0 Å². The van der Waals surface area contributed by atoms with Crippen LogP contribution in [0.4, 0.5) is 10.5 Å². The fourth-order valence-electron chi connectivity index (χ4n) is 4.03. The van der Waals surface area contributed by atoms with Gasteiger partial charge in [-0.25, -0.2) is 13.2 Å². The number of nitrogens with one attached hydrogen (secondary N) is 3. The number of benzene rings is 3. The van der Waals surface area contributed by atoms with Gasteiger partial charge in [-0.05, 0) is 59.0 Å². The number of sulfone groups is 1. The van der Waals surface area contributed by atoms with Gasteiger partial charge in [0, 0.05) is 18.8 Å². The van der Waals surface area contributed by atoms with E-state index < -0.39 is 21.8 Å². The third kappa shape index (κ3) is 6.26. The summed E-state index contributed by atoms with van der Waals surface area (Å²) < 4.78 is 25.7. The second-order valence-electron chi connectivity index (χ2n) is 8.62. The lowest BCUT2D eigenvalue weighted by Gasteiger charge is -2.15. The molecule has 0 saturated carbocycles. The third-order valence-electron chi connectivity index (χ3n) is 5.91. The first-order valence-electron chi connectivity index (χ1n) is 11.2. The van der Waals surface area contributed by atoms with Crippen LogP contribution < -0.4 is 16.0 Å². The zero-order valence-electron chi connectivity index (χ0n) is 19.2. The zero-order chi connectivity index (χ0) is 25.0. The van der Waals surface area contributed by atoms with Crippen molar-refractivity contribution in [3.8, 4) is 0 Å². The van der Waals surface area contributed by atoms with Gasteiger partial charge in [0.2, 0.25) is 0 Å². The molecular formula is C26H27N3O5S. The lowest BCUT2D eigenvalue weighted by molar-refractivity contribution is -0.136. The Morgan fingerprint density at radius 2 is 1.60 bits per heavy atom. The third-order valence-corrected chi connectivity index (χ3v) is 7.62. The molecule has 1 unspecified atom stereocenters. The molecule has 9 heteroatoms. The van der Waals surface area contributed by atoms with Crippen LogP contribution in [0.15, 0.2) is 71.6 Å². The summed E-state index contributed by atoms with van der Waals surface area (Å²) in [6, 6.07) is 18.1. The molecule has 0 spiro atoms. The molecule has 4 rings (SSSR count). The highest BCUT2D eigenvalue weighted by Crippen LogP contribution is 2.23. The van der Waals surface area contributed by atoms with Crippen molar-refractivity contribution in [2.45, 2.75) is 43.1 Å². The molecule has 3 aromatic carbocycles. The average molecular weight is 494 g/mol. The van der Waals surface area contributed by atoms with Crippen molar-refractivity contribution in [1.29, 1.82) is 0 Å². The van der Waals surface area contributed by atoms with E-state index in [0.717, 1.165) is 29.8 Å². The largest absolute Gasteiger partial charge is 0.481 e. The second kappa shape index (κ2) is 10.3. The first-order valence-corrected chi connectivity index (χ1v) is 12.9. The quantitative estimate of drug-likeness (QED) is 0.379. The van der Waals surface area contributed by atoms with Gasteiger partial charge in [0.1, 0.15) is 0 Å². The Labute approximate surface area is 204 Å². The molecule has 0 aromatic heterocycles. The number of hydrogen-bond acceptors (Lipinski definition) is 5. The molecule has 1 aliphatic rings. The number of carbonyl (C=O) groups excluding carboxylic acids is 1. The van der Waals surface area contributed by atoms with E-state index in [1.165, 1.54) is 17.7 Å². The molecule has 3 aromatic rings. The van der Waals surface area contributed by atoms with Crippen molar-refractivity contribution >= 4 is 27.5 Å². The molecule has 0 fully saturated rings. The Balaban J connectivity index is 1.34. The smallest absolute Gasteiger partial charge is 0.319 e. The molecule has 2 amide bonds. The van der Waals surface area contributed by atoms with Gasteiger partial charge >= 0.3 is 12.0 Å². The van der Waals surface area contributed by atoms with E-state index in [9.17, 15) is 18.0 Å².